The lowest BCUT2D eigenvalue weighted by Gasteiger charge is -2.25. The molecular formula is C19H25N5O. The Morgan fingerprint density at radius 1 is 1.16 bits per heavy atom. The summed E-state index contributed by atoms with van der Waals surface area (Å²) in [7, 11) is 0. The summed E-state index contributed by atoms with van der Waals surface area (Å²) in [5.41, 5.74) is 1.36. The minimum absolute atomic E-state index is 0.102. The summed E-state index contributed by atoms with van der Waals surface area (Å²) >= 11 is 0. The van der Waals surface area contributed by atoms with Gasteiger partial charge in [0, 0.05) is 38.6 Å². The lowest BCUT2D eigenvalue weighted by atomic mass is 9.89. The van der Waals surface area contributed by atoms with Gasteiger partial charge in [0.25, 0.3) is 5.91 Å². The molecule has 1 saturated heterocycles. The maximum atomic E-state index is 12.3. The highest BCUT2D eigenvalue weighted by Gasteiger charge is 2.39. The lowest BCUT2D eigenvalue weighted by Crippen LogP contribution is -2.35. The van der Waals surface area contributed by atoms with E-state index in [0.717, 1.165) is 38.4 Å². The van der Waals surface area contributed by atoms with E-state index >= 15 is 0 Å². The predicted molar refractivity (Wildman–Crippen MR) is 95.0 cm³/mol. The van der Waals surface area contributed by atoms with Crippen LogP contribution in [0.2, 0.25) is 0 Å². The fourth-order valence-corrected chi connectivity index (χ4v) is 4.09. The molecule has 3 heterocycles. The number of benzene rings is 1. The third kappa shape index (κ3) is 3.31. The molecule has 0 bridgehead atoms. The molecule has 132 valence electrons. The Labute approximate surface area is 148 Å². The topological polar surface area (TPSA) is 63.1 Å². The molecular weight excluding hydrogens is 314 g/mol. The molecule has 6 heteroatoms. The van der Waals surface area contributed by atoms with Gasteiger partial charge in [-0.15, -0.1) is 10.2 Å². The molecule has 0 spiro atoms. The second-order valence-corrected chi connectivity index (χ2v) is 7.58. The number of nitrogens with one attached hydrogen (secondary N) is 1. The number of amides is 1. The van der Waals surface area contributed by atoms with Crippen LogP contribution in [0.15, 0.2) is 30.3 Å². The van der Waals surface area contributed by atoms with E-state index in [2.05, 4.69) is 50.7 Å². The van der Waals surface area contributed by atoms with Crippen molar-refractivity contribution in [2.75, 3.05) is 13.1 Å². The number of fused-ring (bicyclic) bond motifs is 2. The summed E-state index contributed by atoms with van der Waals surface area (Å²) in [6.45, 7) is 7.93. The Kier molecular flexibility index (Phi) is 4.29. The molecule has 6 nitrogen and oxygen atoms in total. The minimum Gasteiger partial charge on any atom is -0.347 e. The quantitative estimate of drug-likeness (QED) is 0.921. The predicted octanol–water partition coefficient (Wildman–Crippen LogP) is 1.72. The number of rotatable bonds is 4. The van der Waals surface area contributed by atoms with E-state index in [1.54, 1.807) is 0 Å². The van der Waals surface area contributed by atoms with Gasteiger partial charge in [-0.1, -0.05) is 30.3 Å². The van der Waals surface area contributed by atoms with Crippen molar-refractivity contribution in [3.05, 3.63) is 47.5 Å². The lowest BCUT2D eigenvalue weighted by molar-refractivity contribution is 0.0924. The van der Waals surface area contributed by atoms with E-state index in [0.29, 0.717) is 17.7 Å². The van der Waals surface area contributed by atoms with E-state index in [-0.39, 0.29) is 11.9 Å². The van der Waals surface area contributed by atoms with E-state index in [9.17, 15) is 4.79 Å². The smallest absolute Gasteiger partial charge is 0.289 e. The van der Waals surface area contributed by atoms with Gasteiger partial charge in [0.1, 0.15) is 5.82 Å². The summed E-state index contributed by atoms with van der Waals surface area (Å²) in [6.07, 6.45) is 0.915. The SMILES string of the molecule is CC(C)NC(=O)c1nnc2n1C[C@H]1CN(Cc3ccccc3)C[C@H]1C2. The van der Waals surface area contributed by atoms with Crippen LogP contribution in [0.4, 0.5) is 0 Å². The van der Waals surface area contributed by atoms with Crippen LogP contribution in [0.5, 0.6) is 0 Å². The Bertz CT molecular complexity index is 754. The van der Waals surface area contributed by atoms with Gasteiger partial charge in [-0.3, -0.25) is 9.69 Å². The normalized spacial score (nSPS) is 22.7. The molecule has 2 aromatic rings. The molecule has 1 N–H and O–H groups in total. The molecule has 1 aromatic carbocycles. The number of carbonyl (C=O) groups excluding carboxylic acids is 1. The average Bonchev–Trinajstić information content (AvgIpc) is 3.15. The number of nitrogens with zero attached hydrogens (tertiary/aromatic N) is 4. The number of carbonyl (C=O) groups is 1. The van der Waals surface area contributed by atoms with Crippen molar-refractivity contribution in [2.45, 2.75) is 39.4 Å². The van der Waals surface area contributed by atoms with Crippen molar-refractivity contribution in [1.29, 1.82) is 0 Å². The summed E-state index contributed by atoms with van der Waals surface area (Å²) in [6, 6.07) is 10.7. The zero-order valence-corrected chi connectivity index (χ0v) is 14.9. The maximum absolute atomic E-state index is 12.3. The Morgan fingerprint density at radius 2 is 1.92 bits per heavy atom. The van der Waals surface area contributed by atoms with Gasteiger partial charge in [0.2, 0.25) is 5.82 Å². The molecule has 1 amide bonds. The van der Waals surface area contributed by atoms with Crippen LogP contribution < -0.4 is 5.32 Å². The largest absolute Gasteiger partial charge is 0.347 e. The van der Waals surface area contributed by atoms with Gasteiger partial charge < -0.3 is 9.88 Å². The zero-order valence-electron chi connectivity index (χ0n) is 14.9. The second kappa shape index (κ2) is 6.59. The zero-order chi connectivity index (χ0) is 17.4. The highest BCUT2D eigenvalue weighted by atomic mass is 16.2. The Morgan fingerprint density at radius 3 is 2.68 bits per heavy atom. The van der Waals surface area contributed by atoms with Gasteiger partial charge >= 0.3 is 0 Å². The molecule has 0 aliphatic carbocycles. The first-order chi connectivity index (χ1) is 12.1. The van der Waals surface area contributed by atoms with E-state index < -0.39 is 0 Å². The average molecular weight is 339 g/mol. The van der Waals surface area contributed by atoms with Crippen molar-refractivity contribution in [3.63, 3.8) is 0 Å². The number of aromatic nitrogens is 3. The maximum Gasteiger partial charge on any atom is 0.289 e. The minimum atomic E-state index is -0.119. The molecule has 2 aliphatic rings. The first-order valence-corrected chi connectivity index (χ1v) is 9.09. The highest BCUT2D eigenvalue weighted by Crippen LogP contribution is 2.33. The van der Waals surface area contributed by atoms with Gasteiger partial charge in [-0.05, 0) is 31.2 Å². The first-order valence-electron chi connectivity index (χ1n) is 9.09. The fraction of sp³-hybridized carbons (Fsp3) is 0.526. The van der Waals surface area contributed by atoms with Crippen molar-refractivity contribution in [2.24, 2.45) is 11.8 Å². The summed E-state index contributed by atoms with van der Waals surface area (Å²) in [5, 5.41) is 11.4. The van der Waals surface area contributed by atoms with Crippen LogP contribution in [0, 0.1) is 11.8 Å². The van der Waals surface area contributed by atoms with Gasteiger partial charge in [0.15, 0.2) is 0 Å². The van der Waals surface area contributed by atoms with Crippen LogP contribution in [0.25, 0.3) is 0 Å². The number of hydrogen-bond donors (Lipinski definition) is 1. The standard InChI is InChI=1S/C19H25N5O/c1-13(2)20-19(25)18-22-21-17-8-15-10-23(11-16(15)12-24(17)18)9-14-6-4-3-5-7-14/h3-7,13,15-16H,8-12H2,1-2H3,(H,20,25)/t15-,16-/m1/s1. The number of likely N-dealkylation sites (tertiary alicyclic amines) is 1. The van der Waals surface area contributed by atoms with Crippen molar-refractivity contribution in [1.82, 2.24) is 25.0 Å². The van der Waals surface area contributed by atoms with Crippen LogP contribution in [0.3, 0.4) is 0 Å². The molecule has 2 atom stereocenters. The first kappa shape index (κ1) is 16.3. The Balaban J connectivity index is 1.45. The van der Waals surface area contributed by atoms with Gasteiger partial charge in [-0.25, -0.2) is 0 Å². The van der Waals surface area contributed by atoms with Crippen molar-refractivity contribution < 1.29 is 4.79 Å². The second-order valence-electron chi connectivity index (χ2n) is 7.58. The van der Waals surface area contributed by atoms with Gasteiger partial charge in [-0.2, -0.15) is 0 Å². The van der Waals surface area contributed by atoms with E-state index in [1.807, 2.05) is 18.4 Å². The highest BCUT2D eigenvalue weighted by molar-refractivity contribution is 5.90. The monoisotopic (exact) mass is 339 g/mol. The van der Waals surface area contributed by atoms with E-state index in [4.69, 9.17) is 0 Å². The van der Waals surface area contributed by atoms with Crippen molar-refractivity contribution in [3.8, 4) is 0 Å². The molecule has 0 radical (unpaired) electrons. The summed E-state index contributed by atoms with van der Waals surface area (Å²) in [4.78, 5) is 14.9. The van der Waals surface area contributed by atoms with Crippen LogP contribution in [-0.4, -0.2) is 44.7 Å². The molecule has 1 fully saturated rings. The number of hydrogen-bond acceptors (Lipinski definition) is 4. The molecule has 0 saturated carbocycles. The van der Waals surface area contributed by atoms with Crippen molar-refractivity contribution >= 4 is 5.91 Å². The third-order valence-electron chi connectivity index (χ3n) is 5.21. The van der Waals surface area contributed by atoms with E-state index in [1.165, 1.54) is 5.56 Å². The third-order valence-corrected chi connectivity index (χ3v) is 5.21. The summed E-state index contributed by atoms with van der Waals surface area (Å²) in [5.74, 6) is 2.48. The fourth-order valence-electron chi connectivity index (χ4n) is 4.09. The molecule has 25 heavy (non-hydrogen) atoms. The van der Waals surface area contributed by atoms with Gasteiger partial charge in [0.05, 0.1) is 0 Å². The van der Waals surface area contributed by atoms with Crippen LogP contribution in [0.1, 0.15) is 35.9 Å². The summed E-state index contributed by atoms with van der Waals surface area (Å²) < 4.78 is 2.03. The van der Waals surface area contributed by atoms with Crippen LogP contribution >= 0.6 is 0 Å². The molecule has 1 aromatic heterocycles. The molecule has 2 aliphatic heterocycles. The molecule has 4 rings (SSSR count). The molecule has 0 unspecified atom stereocenters. The van der Waals surface area contributed by atoms with Crippen LogP contribution in [-0.2, 0) is 19.5 Å². The Hall–Kier alpha value is -2.21.